The minimum Gasteiger partial charge on any atom is -0.496 e. The Morgan fingerprint density at radius 1 is 1.32 bits per heavy atom. The first-order valence-corrected chi connectivity index (χ1v) is 7.45. The number of para-hydroxylation sites is 1. The van der Waals surface area contributed by atoms with E-state index in [4.69, 9.17) is 4.74 Å². The molecule has 0 heterocycles. The molecular weight excluding hydrogens is 324 g/mol. The Kier molecular flexibility index (Phi) is 6.05. The molecule has 0 bridgehead atoms. The molecule has 0 radical (unpaired) electrons. The lowest BCUT2D eigenvalue weighted by Gasteiger charge is -2.08. The number of methoxy groups -OCH3 is 1. The first-order chi connectivity index (χ1) is 12.0. The average Bonchev–Trinajstić information content (AvgIpc) is 2.61. The van der Waals surface area contributed by atoms with Crippen LogP contribution in [0.4, 0.5) is 11.4 Å². The van der Waals surface area contributed by atoms with Crippen LogP contribution in [0.5, 0.6) is 5.75 Å². The summed E-state index contributed by atoms with van der Waals surface area (Å²) in [5.74, 6) is 0.0746. The quantitative estimate of drug-likeness (QED) is 0.457. The molecule has 0 unspecified atom stereocenters. The number of nitrogens with zero attached hydrogens (tertiary/aromatic N) is 2. The van der Waals surface area contributed by atoms with Crippen LogP contribution in [0.2, 0.25) is 0 Å². The molecule has 2 N–H and O–H groups in total. The largest absolute Gasteiger partial charge is 0.496 e. The van der Waals surface area contributed by atoms with Gasteiger partial charge in [-0.1, -0.05) is 18.2 Å². The summed E-state index contributed by atoms with van der Waals surface area (Å²) in [6.07, 6.45) is 1.30. The van der Waals surface area contributed by atoms with E-state index in [1.165, 1.54) is 31.5 Å². The third-order valence-electron chi connectivity index (χ3n) is 3.40. The molecule has 0 fully saturated rings. The lowest BCUT2D eigenvalue weighted by Crippen LogP contribution is -2.26. The molecule has 0 aromatic heterocycles. The molecule has 130 valence electrons. The lowest BCUT2D eigenvalue weighted by molar-refractivity contribution is -0.384. The minimum absolute atomic E-state index is 0.0499. The summed E-state index contributed by atoms with van der Waals surface area (Å²) in [6.45, 7) is 1.99. The summed E-state index contributed by atoms with van der Waals surface area (Å²) in [5.41, 5.74) is 4.56. The smallest absolute Gasteiger partial charge is 0.270 e. The van der Waals surface area contributed by atoms with Crippen molar-refractivity contribution >= 4 is 23.5 Å². The number of nitro benzene ring substituents is 1. The van der Waals surface area contributed by atoms with Crippen LogP contribution in [0, 0.1) is 17.0 Å². The standard InChI is InChI=1S/C17H18N4O4/c1-12-5-3-4-6-15(12)18-11-17(22)20-19-10-13-9-14(21(23)24)7-8-16(13)25-2/h3-10,18H,11H2,1-2H3,(H,20,22). The van der Waals surface area contributed by atoms with E-state index in [1.54, 1.807) is 0 Å². The number of nitro groups is 1. The zero-order chi connectivity index (χ0) is 18.2. The summed E-state index contributed by atoms with van der Waals surface area (Å²) in [5, 5.41) is 17.7. The first-order valence-electron chi connectivity index (χ1n) is 7.45. The van der Waals surface area contributed by atoms with Gasteiger partial charge in [-0.15, -0.1) is 0 Å². The van der Waals surface area contributed by atoms with E-state index in [1.807, 2.05) is 31.2 Å². The van der Waals surface area contributed by atoms with Gasteiger partial charge in [0, 0.05) is 23.4 Å². The molecule has 25 heavy (non-hydrogen) atoms. The number of rotatable bonds is 7. The van der Waals surface area contributed by atoms with Crippen molar-refractivity contribution in [1.29, 1.82) is 0 Å². The molecule has 2 aromatic rings. The van der Waals surface area contributed by atoms with Crippen molar-refractivity contribution in [2.45, 2.75) is 6.92 Å². The second-order valence-electron chi connectivity index (χ2n) is 5.15. The molecular formula is C17H18N4O4. The van der Waals surface area contributed by atoms with E-state index in [2.05, 4.69) is 15.8 Å². The van der Waals surface area contributed by atoms with Crippen molar-refractivity contribution in [2.24, 2.45) is 5.10 Å². The van der Waals surface area contributed by atoms with E-state index in [9.17, 15) is 14.9 Å². The van der Waals surface area contributed by atoms with Gasteiger partial charge in [0.2, 0.25) is 0 Å². The number of nitrogens with one attached hydrogen (secondary N) is 2. The predicted octanol–water partition coefficient (Wildman–Crippen LogP) is 2.47. The molecule has 8 nitrogen and oxygen atoms in total. The van der Waals surface area contributed by atoms with Gasteiger partial charge >= 0.3 is 0 Å². The Morgan fingerprint density at radius 3 is 2.76 bits per heavy atom. The lowest BCUT2D eigenvalue weighted by atomic mass is 10.2. The number of hydrazone groups is 1. The van der Waals surface area contributed by atoms with E-state index in [-0.39, 0.29) is 18.1 Å². The Labute approximate surface area is 144 Å². The Hall–Kier alpha value is -3.42. The summed E-state index contributed by atoms with van der Waals surface area (Å²) >= 11 is 0. The number of anilines is 1. The van der Waals surface area contributed by atoms with Crippen molar-refractivity contribution < 1.29 is 14.5 Å². The maximum absolute atomic E-state index is 11.8. The number of ether oxygens (including phenoxy) is 1. The highest BCUT2D eigenvalue weighted by Gasteiger charge is 2.10. The highest BCUT2D eigenvalue weighted by Crippen LogP contribution is 2.22. The van der Waals surface area contributed by atoms with Gasteiger partial charge in [0.15, 0.2) is 0 Å². The van der Waals surface area contributed by atoms with Crippen LogP contribution in [0.25, 0.3) is 0 Å². The summed E-state index contributed by atoms with van der Waals surface area (Å²) < 4.78 is 5.12. The van der Waals surface area contributed by atoms with Crippen molar-refractivity contribution in [1.82, 2.24) is 5.43 Å². The SMILES string of the molecule is COc1ccc([N+](=O)[O-])cc1C=NNC(=O)CNc1ccccc1C. The van der Waals surface area contributed by atoms with Crippen LogP contribution in [0.15, 0.2) is 47.6 Å². The van der Waals surface area contributed by atoms with Crippen LogP contribution in [0.3, 0.4) is 0 Å². The Bertz CT molecular complexity index is 805. The molecule has 0 aliphatic rings. The zero-order valence-electron chi connectivity index (χ0n) is 13.9. The third-order valence-corrected chi connectivity index (χ3v) is 3.40. The van der Waals surface area contributed by atoms with Crippen molar-refractivity contribution in [3.63, 3.8) is 0 Å². The molecule has 0 atom stereocenters. The van der Waals surface area contributed by atoms with Crippen LogP contribution in [0.1, 0.15) is 11.1 Å². The van der Waals surface area contributed by atoms with E-state index in [0.29, 0.717) is 11.3 Å². The highest BCUT2D eigenvalue weighted by molar-refractivity contribution is 5.87. The maximum atomic E-state index is 11.8. The number of aryl methyl sites for hydroxylation is 1. The van der Waals surface area contributed by atoms with E-state index >= 15 is 0 Å². The predicted molar refractivity (Wildman–Crippen MR) is 95.1 cm³/mol. The monoisotopic (exact) mass is 342 g/mol. The van der Waals surface area contributed by atoms with Crippen LogP contribution < -0.4 is 15.5 Å². The zero-order valence-corrected chi connectivity index (χ0v) is 13.9. The molecule has 0 saturated carbocycles. The second-order valence-corrected chi connectivity index (χ2v) is 5.15. The normalized spacial score (nSPS) is 10.5. The van der Waals surface area contributed by atoms with Gasteiger partial charge in [0.05, 0.1) is 24.8 Å². The fraction of sp³-hybridized carbons (Fsp3) is 0.176. The van der Waals surface area contributed by atoms with E-state index in [0.717, 1.165) is 11.3 Å². The number of carbonyl (C=O) groups is 1. The third kappa shape index (κ3) is 5.03. The molecule has 0 aliphatic carbocycles. The van der Waals surface area contributed by atoms with Gasteiger partial charge in [0.25, 0.3) is 11.6 Å². The van der Waals surface area contributed by atoms with E-state index < -0.39 is 4.92 Å². The summed E-state index contributed by atoms with van der Waals surface area (Å²) in [7, 11) is 1.45. The molecule has 0 saturated heterocycles. The minimum atomic E-state index is -0.512. The van der Waals surface area contributed by atoms with Gasteiger partial charge in [-0.3, -0.25) is 14.9 Å². The van der Waals surface area contributed by atoms with Crippen LogP contribution in [-0.2, 0) is 4.79 Å². The Balaban J connectivity index is 1.96. The second kappa shape index (κ2) is 8.44. The summed E-state index contributed by atoms with van der Waals surface area (Å²) in [4.78, 5) is 22.1. The first kappa shape index (κ1) is 17.9. The molecule has 1 amide bonds. The average molecular weight is 342 g/mol. The van der Waals surface area contributed by atoms with Gasteiger partial charge in [-0.2, -0.15) is 5.10 Å². The molecule has 0 spiro atoms. The highest BCUT2D eigenvalue weighted by atomic mass is 16.6. The number of benzene rings is 2. The topological polar surface area (TPSA) is 106 Å². The van der Waals surface area contributed by atoms with Crippen molar-refractivity contribution in [3.8, 4) is 5.75 Å². The number of amides is 1. The fourth-order valence-corrected chi connectivity index (χ4v) is 2.10. The fourth-order valence-electron chi connectivity index (χ4n) is 2.10. The van der Waals surface area contributed by atoms with Crippen LogP contribution in [-0.4, -0.2) is 30.7 Å². The van der Waals surface area contributed by atoms with Crippen molar-refractivity contribution in [3.05, 3.63) is 63.7 Å². The maximum Gasteiger partial charge on any atom is 0.270 e. The number of carbonyl (C=O) groups excluding carboxylic acids is 1. The number of hydrogen-bond acceptors (Lipinski definition) is 6. The number of hydrogen-bond donors (Lipinski definition) is 2. The van der Waals surface area contributed by atoms with Crippen LogP contribution >= 0.6 is 0 Å². The Morgan fingerprint density at radius 2 is 2.08 bits per heavy atom. The molecule has 2 aromatic carbocycles. The van der Waals surface area contributed by atoms with Gasteiger partial charge in [0.1, 0.15) is 5.75 Å². The molecule has 2 rings (SSSR count). The summed E-state index contributed by atoms with van der Waals surface area (Å²) in [6, 6.07) is 11.7. The van der Waals surface area contributed by atoms with Gasteiger partial charge in [-0.25, -0.2) is 5.43 Å². The molecule has 8 heteroatoms. The van der Waals surface area contributed by atoms with Crippen molar-refractivity contribution in [2.75, 3.05) is 19.0 Å². The van der Waals surface area contributed by atoms with Gasteiger partial charge in [-0.05, 0) is 24.6 Å². The molecule has 0 aliphatic heterocycles. The number of non-ortho nitro benzene ring substituents is 1. The van der Waals surface area contributed by atoms with Gasteiger partial charge < -0.3 is 10.1 Å².